The zero-order valence-electron chi connectivity index (χ0n) is 17.5. The number of hydrogen-bond donors (Lipinski definition) is 2. The maximum Gasteiger partial charge on any atom is 0.223 e. The van der Waals surface area contributed by atoms with Gasteiger partial charge in [0.25, 0.3) is 0 Å². The van der Waals surface area contributed by atoms with E-state index in [1.165, 1.54) is 0 Å². The third kappa shape index (κ3) is 3.67. The van der Waals surface area contributed by atoms with E-state index >= 15 is 0 Å². The molecule has 1 aliphatic heterocycles. The third-order valence-corrected chi connectivity index (χ3v) is 6.38. The Morgan fingerprint density at radius 1 is 1.40 bits per heavy atom. The zero-order valence-corrected chi connectivity index (χ0v) is 18.3. The quantitative estimate of drug-likeness (QED) is 0.593. The Morgan fingerprint density at radius 3 is 2.93 bits per heavy atom. The highest BCUT2D eigenvalue weighted by atomic mass is 32.2. The number of nitrogens with two attached hydrogens (primary N) is 1. The highest BCUT2D eigenvalue weighted by Gasteiger charge is 2.26. The van der Waals surface area contributed by atoms with E-state index in [1.54, 1.807) is 25.1 Å². The predicted molar refractivity (Wildman–Crippen MR) is 116 cm³/mol. The number of nitrogens with one attached hydrogen (secondary N) is 1. The molecule has 10 heteroatoms. The van der Waals surface area contributed by atoms with Gasteiger partial charge in [-0.3, -0.25) is 9.78 Å². The van der Waals surface area contributed by atoms with Crippen molar-refractivity contribution in [1.29, 1.82) is 0 Å². The van der Waals surface area contributed by atoms with Crippen LogP contribution in [-0.4, -0.2) is 49.5 Å². The van der Waals surface area contributed by atoms with Crippen molar-refractivity contribution < 1.29 is 9.53 Å². The van der Waals surface area contributed by atoms with E-state index in [0.29, 0.717) is 30.8 Å². The number of ether oxygens (including phenoxy) is 1. The van der Waals surface area contributed by atoms with Crippen molar-refractivity contribution in [2.75, 3.05) is 18.6 Å². The Morgan fingerprint density at radius 2 is 2.20 bits per heavy atom. The summed E-state index contributed by atoms with van der Waals surface area (Å²) in [6.45, 7) is 6.24. The lowest BCUT2D eigenvalue weighted by Gasteiger charge is -2.15. The van der Waals surface area contributed by atoms with E-state index in [2.05, 4.69) is 20.3 Å². The van der Waals surface area contributed by atoms with Crippen LogP contribution in [0.2, 0.25) is 0 Å². The molecule has 0 aromatic carbocycles. The number of rotatable bonds is 5. The SMILES string of the molecule is CCC(=O)NC1CSc2nc(N)nc3c2c(nn3Cc2ncc(C)c(OC)c2C)C1. The molecular formula is C20H25N7O2S. The molecule has 1 atom stereocenters. The minimum Gasteiger partial charge on any atom is -0.496 e. The molecule has 3 aromatic heterocycles. The number of thioether (sulfide) groups is 1. The van der Waals surface area contributed by atoms with Gasteiger partial charge in [0.05, 0.1) is 30.4 Å². The second-order valence-corrected chi connectivity index (χ2v) is 8.38. The summed E-state index contributed by atoms with van der Waals surface area (Å²) >= 11 is 1.57. The largest absolute Gasteiger partial charge is 0.496 e. The maximum atomic E-state index is 11.9. The number of nitrogens with zero attached hydrogens (tertiary/aromatic N) is 5. The van der Waals surface area contributed by atoms with Gasteiger partial charge in [-0.25, -0.2) is 9.67 Å². The fraction of sp³-hybridized carbons (Fsp3) is 0.450. The molecule has 1 amide bonds. The number of anilines is 1. The molecule has 0 spiro atoms. The molecule has 0 radical (unpaired) electrons. The average Bonchev–Trinajstić information content (AvgIpc) is 2.95. The molecular weight excluding hydrogens is 402 g/mol. The molecule has 30 heavy (non-hydrogen) atoms. The number of carbonyl (C=O) groups is 1. The maximum absolute atomic E-state index is 11.9. The third-order valence-electron chi connectivity index (χ3n) is 5.25. The Hall–Kier alpha value is -2.88. The predicted octanol–water partition coefficient (Wildman–Crippen LogP) is 2.02. The van der Waals surface area contributed by atoms with Gasteiger partial charge in [0, 0.05) is 42.0 Å². The lowest BCUT2D eigenvalue weighted by atomic mass is 10.1. The van der Waals surface area contributed by atoms with Crippen LogP contribution in [0.25, 0.3) is 11.0 Å². The molecule has 0 aliphatic carbocycles. The number of hydrogen-bond acceptors (Lipinski definition) is 8. The van der Waals surface area contributed by atoms with Gasteiger partial charge in [-0.2, -0.15) is 10.1 Å². The number of nitrogen functional groups attached to an aromatic ring is 1. The Labute approximate surface area is 178 Å². The molecule has 4 rings (SSSR count). The molecule has 3 N–H and O–H groups in total. The Kier molecular flexibility index (Phi) is 5.50. The molecule has 4 heterocycles. The van der Waals surface area contributed by atoms with Crippen molar-refractivity contribution in [3.05, 3.63) is 28.7 Å². The fourth-order valence-corrected chi connectivity index (χ4v) is 4.82. The van der Waals surface area contributed by atoms with Gasteiger partial charge in [-0.05, 0) is 13.8 Å². The van der Waals surface area contributed by atoms with Gasteiger partial charge < -0.3 is 15.8 Å². The first-order valence-electron chi connectivity index (χ1n) is 9.85. The van der Waals surface area contributed by atoms with Crippen LogP contribution in [0, 0.1) is 13.8 Å². The average molecular weight is 428 g/mol. The summed E-state index contributed by atoms with van der Waals surface area (Å²) in [5, 5.41) is 9.61. The summed E-state index contributed by atoms with van der Waals surface area (Å²) < 4.78 is 7.36. The standard InChI is InChI=1S/C20H25N7O2S/c1-5-15(28)23-12-6-13-16-18(24-20(21)25-19(16)30-9-12)27(26-13)8-14-11(3)17(29-4)10(2)7-22-14/h7,12H,5-6,8-9H2,1-4H3,(H,23,28)(H2,21,24,25). The number of methoxy groups -OCH3 is 1. The Bertz CT molecular complexity index is 1130. The van der Waals surface area contributed by atoms with Crippen LogP contribution in [-0.2, 0) is 17.8 Å². The van der Waals surface area contributed by atoms with Gasteiger partial charge >= 0.3 is 0 Å². The minimum atomic E-state index is -0.0243. The van der Waals surface area contributed by atoms with Crippen LogP contribution in [0.4, 0.5) is 5.95 Å². The number of pyridine rings is 1. The second-order valence-electron chi connectivity index (χ2n) is 7.37. The molecule has 9 nitrogen and oxygen atoms in total. The van der Waals surface area contributed by atoms with Gasteiger partial charge in [0.2, 0.25) is 11.9 Å². The number of aromatic nitrogens is 5. The van der Waals surface area contributed by atoms with Crippen LogP contribution in [0.15, 0.2) is 11.2 Å². The molecule has 0 fully saturated rings. The smallest absolute Gasteiger partial charge is 0.223 e. The van der Waals surface area contributed by atoms with E-state index in [1.807, 2.05) is 25.5 Å². The first kappa shape index (κ1) is 20.4. The van der Waals surface area contributed by atoms with E-state index in [-0.39, 0.29) is 17.9 Å². The van der Waals surface area contributed by atoms with Crippen molar-refractivity contribution in [1.82, 2.24) is 30.0 Å². The number of amides is 1. The molecule has 0 saturated heterocycles. The van der Waals surface area contributed by atoms with Crippen LogP contribution >= 0.6 is 11.8 Å². The highest BCUT2D eigenvalue weighted by Crippen LogP contribution is 2.34. The number of aryl methyl sites for hydroxylation is 1. The summed E-state index contributed by atoms with van der Waals surface area (Å²) in [5.41, 5.74) is 10.4. The van der Waals surface area contributed by atoms with Crippen LogP contribution in [0.1, 0.15) is 35.9 Å². The van der Waals surface area contributed by atoms with Crippen LogP contribution in [0.3, 0.4) is 0 Å². The highest BCUT2D eigenvalue weighted by molar-refractivity contribution is 7.99. The molecule has 0 saturated carbocycles. The van der Waals surface area contributed by atoms with Gasteiger partial charge in [-0.15, -0.1) is 11.8 Å². The van der Waals surface area contributed by atoms with Crippen molar-refractivity contribution in [3.63, 3.8) is 0 Å². The van der Waals surface area contributed by atoms with Crippen LogP contribution < -0.4 is 15.8 Å². The second kappa shape index (κ2) is 8.10. The molecule has 158 valence electrons. The molecule has 0 bridgehead atoms. The normalized spacial score (nSPS) is 15.8. The summed E-state index contributed by atoms with van der Waals surface area (Å²) in [5.74, 6) is 1.77. The minimum absolute atomic E-state index is 0.0243. The summed E-state index contributed by atoms with van der Waals surface area (Å²) in [4.78, 5) is 25.4. The first-order valence-corrected chi connectivity index (χ1v) is 10.8. The monoisotopic (exact) mass is 427 g/mol. The lowest BCUT2D eigenvalue weighted by Crippen LogP contribution is -2.37. The van der Waals surface area contributed by atoms with Gasteiger partial charge in [0.1, 0.15) is 10.8 Å². The van der Waals surface area contributed by atoms with E-state index in [0.717, 1.165) is 38.7 Å². The Balaban J connectivity index is 1.76. The number of carbonyl (C=O) groups excluding carboxylic acids is 1. The lowest BCUT2D eigenvalue weighted by molar-refractivity contribution is -0.121. The summed E-state index contributed by atoms with van der Waals surface area (Å²) in [6.07, 6.45) is 2.87. The first-order chi connectivity index (χ1) is 14.4. The van der Waals surface area contributed by atoms with E-state index in [4.69, 9.17) is 15.6 Å². The van der Waals surface area contributed by atoms with E-state index in [9.17, 15) is 4.79 Å². The van der Waals surface area contributed by atoms with Crippen molar-refractivity contribution in [2.24, 2.45) is 0 Å². The topological polar surface area (TPSA) is 121 Å². The summed E-state index contributed by atoms with van der Waals surface area (Å²) in [7, 11) is 1.66. The van der Waals surface area contributed by atoms with Crippen molar-refractivity contribution in [2.45, 2.75) is 51.2 Å². The summed E-state index contributed by atoms with van der Waals surface area (Å²) in [6, 6.07) is -0.0243. The van der Waals surface area contributed by atoms with Gasteiger partial charge in [0.15, 0.2) is 5.65 Å². The fourth-order valence-electron chi connectivity index (χ4n) is 3.75. The van der Waals surface area contributed by atoms with Crippen molar-refractivity contribution >= 4 is 34.7 Å². The molecule has 1 aliphatic rings. The molecule has 3 aromatic rings. The molecule has 1 unspecified atom stereocenters. The van der Waals surface area contributed by atoms with Crippen molar-refractivity contribution in [3.8, 4) is 5.75 Å². The van der Waals surface area contributed by atoms with Crippen LogP contribution in [0.5, 0.6) is 5.75 Å². The van der Waals surface area contributed by atoms with Gasteiger partial charge in [-0.1, -0.05) is 6.92 Å². The van der Waals surface area contributed by atoms with E-state index < -0.39 is 0 Å². The zero-order chi connectivity index (χ0) is 21.4.